The molecule has 1 aliphatic carbocycles. The van der Waals surface area contributed by atoms with Gasteiger partial charge in [0.15, 0.2) is 0 Å². The van der Waals surface area contributed by atoms with Crippen LogP contribution >= 0.6 is 0 Å². The Hall–Kier alpha value is -2.40. The number of aliphatic hydroxyl groups is 1. The van der Waals surface area contributed by atoms with Gasteiger partial charge in [-0.2, -0.15) is 0 Å². The first-order valence-corrected chi connectivity index (χ1v) is 8.21. The Labute approximate surface area is 140 Å². The summed E-state index contributed by atoms with van der Waals surface area (Å²) in [7, 11) is 0. The molecule has 0 bridgehead atoms. The van der Waals surface area contributed by atoms with Crippen LogP contribution in [0.2, 0.25) is 0 Å². The zero-order valence-electron chi connectivity index (χ0n) is 13.4. The van der Waals surface area contributed by atoms with Crippen LogP contribution in [0.4, 0.5) is 14.9 Å². The molecule has 2 aromatic carbocycles. The van der Waals surface area contributed by atoms with Gasteiger partial charge in [0.25, 0.3) is 0 Å². The predicted octanol–water partition coefficient (Wildman–Crippen LogP) is 3.73. The molecule has 0 radical (unpaired) electrons. The monoisotopic (exact) mass is 328 g/mol. The van der Waals surface area contributed by atoms with Gasteiger partial charge >= 0.3 is 6.03 Å². The Kier molecular flexibility index (Phi) is 5.11. The number of fused-ring (bicyclic) bond motifs is 1. The third kappa shape index (κ3) is 3.57. The molecular weight excluding hydrogens is 307 g/mol. The first-order chi connectivity index (χ1) is 11.7. The van der Waals surface area contributed by atoms with E-state index in [0.29, 0.717) is 18.7 Å². The summed E-state index contributed by atoms with van der Waals surface area (Å²) in [5, 5.41) is 12.0. The summed E-state index contributed by atoms with van der Waals surface area (Å²) < 4.78 is 13.0. The van der Waals surface area contributed by atoms with Crippen molar-refractivity contribution < 1.29 is 14.3 Å². The highest BCUT2D eigenvalue weighted by Gasteiger charge is 2.30. The molecule has 126 valence electrons. The first-order valence-electron chi connectivity index (χ1n) is 8.21. The van der Waals surface area contributed by atoms with E-state index in [4.69, 9.17) is 5.11 Å². The van der Waals surface area contributed by atoms with Crippen LogP contribution in [0, 0.1) is 5.82 Å². The van der Waals surface area contributed by atoms with Crippen LogP contribution in [-0.4, -0.2) is 29.2 Å². The highest BCUT2D eigenvalue weighted by atomic mass is 19.1. The maximum atomic E-state index is 13.0. The summed E-state index contributed by atoms with van der Waals surface area (Å²) in [5.74, 6) is -0.338. The van der Waals surface area contributed by atoms with Gasteiger partial charge in [-0.25, -0.2) is 9.18 Å². The largest absolute Gasteiger partial charge is 0.396 e. The quantitative estimate of drug-likeness (QED) is 0.879. The number of carbonyl (C=O) groups excluding carboxylic acids is 1. The van der Waals surface area contributed by atoms with E-state index in [1.165, 1.54) is 23.3 Å². The molecule has 0 saturated carbocycles. The Morgan fingerprint density at radius 3 is 2.71 bits per heavy atom. The van der Waals surface area contributed by atoms with E-state index in [1.54, 1.807) is 17.0 Å². The van der Waals surface area contributed by atoms with E-state index in [-0.39, 0.29) is 24.5 Å². The van der Waals surface area contributed by atoms with E-state index in [1.807, 2.05) is 12.1 Å². The lowest BCUT2D eigenvalue weighted by atomic mass is 10.1. The number of aryl methyl sites for hydroxylation is 1. The predicted molar refractivity (Wildman–Crippen MR) is 91.3 cm³/mol. The highest BCUT2D eigenvalue weighted by Crippen LogP contribution is 2.36. The van der Waals surface area contributed by atoms with E-state index in [2.05, 4.69) is 17.4 Å². The number of hydrogen-bond acceptors (Lipinski definition) is 2. The third-order valence-electron chi connectivity index (χ3n) is 4.39. The molecule has 4 nitrogen and oxygen atoms in total. The van der Waals surface area contributed by atoms with E-state index in [0.717, 1.165) is 12.8 Å². The Bertz CT molecular complexity index is 703. The van der Waals surface area contributed by atoms with Crippen LogP contribution in [0.5, 0.6) is 0 Å². The molecule has 2 N–H and O–H groups in total. The molecule has 2 aromatic rings. The second-order valence-corrected chi connectivity index (χ2v) is 5.96. The zero-order chi connectivity index (χ0) is 16.9. The van der Waals surface area contributed by atoms with Crippen molar-refractivity contribution in [2.24, 2.45) is 0 Å². The number of carbonyl (C=O) groups is 1. The second kappa shape index (κ2) is 7.45. The number of aliphatic hydroxyl groups excluding tert-OH is 1. The topological polar surface area (TPSA) is 52.6 Å². The third-order valence-corrected chi connectivity index (χ3v) is 4.39. The molecule has 1 unspecified atom stereocenters. The summed E-state index contributed by atoms with van der Waals surface area (Å²) in [6.45, 7) is 0.511. The van der Waals surface area contributed by atoms with Crippen molar-refractivity contribution >= 4 is 11.7 Å². The van der Waals surface area contributed by atoms with Gasteiger partial charge in [0.2, 0.25) is 0 Å². The number of halogens is 1. The molecule has 3 rings (SSSR count). The van der Waals surface area contributed by atoms with Gasteiger partial charge in [-0.15, -0.1) is 0 Å². The number of rotatable bonds is 5. The van der Waals surface area contributed by atoms with E-state index >= 15 is 0 Å². The number of urea groups is 1. The lowest BCUT2D eigenvalue weighted by molar-refractivity contribution is 0.177. The van der Waals surface area contributed by atoms with Gasteiger partial charge in [-0.05, 0) is 54.7 Å². The summed E-state index contributed by atoms with van der Waals surface area (Å²) in [4.78, 5) is 14.5. The second-order valence-electron chi connectivity index (χ2n) is 5.96. The minimum absolute atomic E-state index is 0.00759. The van der Waals surface area contributed by atoms with Gasteiger partial charge in [0.1, 0.15) is 5.82 Å². The number of anilines is 1. The first kappa shape index (κ1) is 16.5. The lowest BCUT2D eigenvalue weighted by Gasteiger charge is -2.30. The molecule has 1 atom stereocenters. The van der Waals surface area contributed by atoms with Crippen molar-refractivity contribution in [3.8, 4) is 0 Å². The van der Waals surface area contributed by atoms with E-state index < -0.39 is 0 Å². The average molecular weight is 328 g/mol. The summed E-state index contributed by atoms with van der Waals surface area (Å²) in [5.41, 5.74) is 3.00. The van der Waals surface area contributed by atoms with Gasteiger partial charge < -0.3 is 15.3 Å². The SMILES string of the molecule is O=C(Nc1ccc(F)cc1)N(CCCO)C1CCc2ccccc21. The van der Waals surface area contributed by atoms with Crippen molar-refractivity contribution in [1.29, 1.82) is 0 Å². The van der Waals surface area contributed by atoms with Gasteiger partial charge in [-0.3, -0.25) is 0 Å². The van der Waals surface area contributed by atoms with Crippen LogP contribution in [-0.2, 0) is 6.42 Å². The van der Waals surface area contributed by atoms with Crippen LogP contribution in [0.1, 0.15) is 30.0 Å². The molecule has 0 saturated heterocycles. The number of nitrogens with one attached hydrogen (secondary N) is 1. The van der Waals surface area contributed by atoms with Crippen LogP contribution in [0.3, 0.4) is 0 Å². The minimum Gasteiger partial charge on any atom is -0.396 e. The lowest BCUT2D eigenvalue weighted by Crippen LogP contribution is -2.38. The standard InChI is InChI=1S/C19H21FN2O2/c20-15-7-9-16(10-8-15)21-19(24)22(12-3-13-23)18-11-6-14-4-1-2-5-17(14)18/h1-2,4-5,7-10,18,23H,3,6,11-13H2,(H,21,24). The van der Waals surface area contributed by atoms with Gasteiger partial charge in [0.05, 0.1) is 6.04 Å². The fourth-order valence-electron chi connectivity index (χ4n) is 3.23. The smallest absolute Gasteiger partial charge is 0.322 e. The molecule has 0 fully saturated rings. The normalized spacial score (nSPS) is 15.8. The molecule has 2 amide bonds. The van der Waals surface area contributed by atoms with Crippen LogP contribution in [0.25, 0.3) is 0 Å². The van der Waals surface area contributed by atoms with Crippen molar-refractivity contribution in [3.63, 3.8) is 0 Å². The molecule has 0 spiro atoms. The van der Waals surface area contributed by atoms with Crippen molar-refractivity contribution in [2.75, 3.05) is 18.5 Å². The minimum atomic E-state index is -0.338. The van der Waals surface area contributed by atoms with Crippen LogP contribution in [0.15, 0.2) is 48.5 Å². The molecule has 0 aliphatic heterocycles. The van der Waals surface area contributed by atoms with Gasteiger partial charge in [0, 0.05) is 18.8 Å². The molecule has 0 aromatic heterocycles. The molecular formula is C19H21FN2O2. The Morgan fingerprint density at radius 1 is 1.21 bits per heavy atom. The maximum absolute atomic E-state index is 13.0. The molecule has 0 heterocycles. The number of amides is 2. The summed E-state index contributed by atoms with van der Waals surface area (Å²) in [6.07, 6.45) is 2.34. The summed E-state index contributed by atoms with van der Waals surface area (Å²) >= 11 is 0. The fraction of sp³-hybridized carbons (Fsp3) is 0.316. The van der Waals surface area contributed by atoms with Crippen molar-refractivity contribution in [1.82, 2.24) is 4.90 Å². The number of hydrogen-bond donors (Lipinski definition) is 2. The Balaban J connectivity index is 1.78. The van der Waals surface area contributed by atoms with Crippen molar-refractivity contribution in [2.45, 2.75) is 25.3 Å². The van der Waals surface area contributed by atoms with Crippen molar-refractivity contribution in [3.05, 3.63) is 65.5 Å². The maximum Gasteiger partial charge on any atom is 0.322 e. The summed E-state index contributed by atoms with van der Waals surface area (Å²) in [6, 6.07) is 13.7. The van der Waals surface area contributed by atoms with E-state index in [9.17, 15) is 9.18 Å². The molecule has 24 heavy (non-hydrogen) atoms. The average Bonchev–Trinajstić information content (AvgIpc) is 3.01. The molecule has 1 aliphatic rings. The van der Waals surface area contributed by atoms with Crippen LogP contribution < -0.4 is 5.32 Å². The highest BCUT2D eigenvalue weighted by molar-refractivity contribution is 5.89. The zero-order valence-corrected chi connectivity index (χ0v) is 13.4. The number of nitrogens with zero attached hydrogens (tertiary/aromatic N) is 1. The number of benzene rings is 2. The van der Waals surface area contributed by atoms with Gasteiger partial charge in [-0.1, -0.05) is 24.3 Å². The Morgan fingerprint density at radius 2 is 1.96 bits per heavy atom. The fourth-order valence-corrected chi connectivity index (χ4v) is 3.23. The molecule has 5 heteroatoms.